The summed E-state index contributed by atoms with van der Waals surface area (Å²) in [5.41, 5.74) is 5.99. The van der Waals surface area contributed by atoms with Crippen LogP contribution >= 0.6 is 0 Å². The standard InChI is InChI=1S/C13H21N3O3/c14-13(18)16-7-6-15-8-12(17)10-19-9-11-4-2-1-3-5-11/h1-5,12,15,17H,6-10H2,(H3,14,16,18). The number of aliphatic hydroxyl groups is 1. The summed E-state index contributed by atoms with van der Waals surface area (Å²) in [4.78, 5) is 10.4. The fourth-order valence-corrected chi connectivity index (χ4v) is 1.49. The summed E-state index contributed by atoms with van der Waals surface area (Å²) in [6.45, 7) is 2.16. The first kappa shape index (κ1) is 15.4. The summed E-state index contributed by atoms with van der Waals surface area (Å²) in [6.07, 6.45) is -0.572. The van der Waals surface area contributed by atoms with E-state index in [1.165, 1.54) is 0 Å². The van der Waals surface area contributed by atoms with Crippen LogP contribution in [-0.4, -0.2) is 43.5 Å². The van der Waals surface area contributed by atoms with Crippen molar-refractivity contribution in [1.29, 1.82) is 0 Å². The monoisotopic (exact) mass is 267 g/mol. The van der Waals surface area contributed by atoms with E-state index in [1.807, 2.05) is 30.3 Å². The van der Waals surface area contributed by atoms with Crippen molar-refractivity contribution >= 4 is 6.03 Å². The van der Waals surface area contributed by atoms with Crippen LogP contribution in [0.1, 0.15) is 5.56 Å². The molecule has 1 rings (SSSR count). The molecule has 106 valence electrons. The molecule has 0 spiro atoms. The largest absolute Gasteiger partial charge is 0.389 e. The molecule has 0 bridgehead atoms. The first-order valence-corrected chi connectivity index (χ1v) is 6.22. The van der Waals surface area contributed by atoms with E-state index < -0.39 is 12.1 Å². The fourth-order valence-electron chi connectivity index (χ4n) is 1.49. The lowest BCUT2D eigenvalue weighted by Crippen LogP contribution is -2.38. The summed E-state index contributed by atoms with van der Waals surface area (Å²) in [5.74, 6) is 0. The van der Waals surface area contributed by atoms with Crippen molar-refractivity contribution in [2.45, 2.75) is 12.7 Å². The minimum absolute atomic E-state index is 0.269. The highest BCUT2D eigenvalue weighted by Gasteiger charge is 2.03. The van der Waals surface area contributed by atoms with Crippen molar-refractivity contribution < 1.29 is 14.6 Å². The molecule has 1 unspecified atom stereocenters. The van der Waals surface area contributed by atoms with Gasteiger partial charge in [0.2, 0.25) is 0 Å². The van der Waals surface area contributed by atoms with Gasteiger partial charge in [0.1, 0.15) is 0 Å². The number of hydrogen-bond acceptors (Lipinski definition) is 4. The highest BCUT2D eigenvalue weighted by molar-refractivity contribution is 5.71. The lowest BCUT2D eigenvalue weighted by atomic mass is 10.2. The molecule has 0 radical (unpaired) electrons. The zero-order valence-electron chi connectivity index (χ0n) is 10.8. The van der Waals surface area contributed by atoms with Gasteiger partial charge >= 0.3 is 6.03 Å². The summed E-state index contributed by atoms with van der Waals surface area (Å²) < 4.78 is 5.40. The molecule has 1 aromatic rings. The number of carbonyl (C=O) groups excluding carboxylic acids is 1. The molecule has 5 N–H and O–H groups in total. The number of aliphatic hydroxyl groups excluding tert-OH is 1. The van der Waals surface area contributed by atoms with Crippen molar-refractivity contribution in [3.05, 3.63) is 35.9 Å². The van der Waals surface area contributed by atoms with Crippen molar-refractivity contribution in [1.82, 2.24) is 10.6 Å². The Morgan fingerprint density at radius 1 is 1.32 bits per heavy atom. The lowest BCUT2D eigenvalue weighted by Gasteiger charge is -2.12. The van der Waals surface area contributed by atoms with Gasteiger partial charge < -0.3 is 26.2 Å². The molecule has 0 saturated carbocycles. The predicted molar refractivity (Wildman–Crippen MR) is 72.6 cm³/mol. The zero-order valence-corrected chi connectivity index (χ0v) is 10.8. The molecule has 6 nitrogen and oxygen atoms in total. The minimum atomic E-state index is -0.572. The summed E-state index contributed by atoms with van der Waals surface area (Å²) >= 11 is 0. The highest BCUT2D eigenvalue weighted by atomic mass is 16.5. The van der Waals surface area contributed by atoms with E-state index in [1.54, 1.807) is 0 Å². The van der Waals surface area contributed by atoms with Gasteiger partial charge in [0.25, 0.3) is 0 Å². The fraction of sp³-hybridized carbons (Fsp3) is 0.462. The molecule has 0 fully saturated rings. The van der Waals surface area contributed by atoms with Crippen LogP contribution in [0.2, 0.25) is 0 Å². The Kier molecular flexibility index (Phi) is 7.57. The van der Waals surface area contributed by atoms with E-state index in [0.29, 0.717) is 26.2 Å². The average Bonchev–Trinajstić information content (AvgIpc) is 2.39. The van der Waals surface area contributed by atoms with Crippen LogP contribution in [0.4, 0.5) is 4.79 Å². The third-order valence-electron chi connectivity index (χ3n) is 2.40. The molecule has 1 atom stereocenters. The Labute approximate surface area is 112 Å². The van der Waals surface area contributed by atoms with Crippen LogP contribution in [0, 0.1) is 0 Å². The Balaban J connectivity index is 1.99. The third-order valence-corrected chi connectivity index (χ3v) is 2.40. The number of hydrogen-bond donors (Lipinski definition) is 4. The molecule has 0 aliphatic heterocycles. The first-order chi connectivity index (χ1) is 9.18. The second-order valence-electron chi connectivity index (χ2n) is 4.15. The molecule has 0 saturated heterocycles. The van der Waals surface area contributed by atoms with Gasteiger partial charge in [-0.15, -0.1) is 0 Å². The lowest BCUT2D eigenvalue weighted by molar-refractivity contribution is 0.0290. The van der Waals surface area contributed by atoms with E-state index in [-0.39, 0.29) is 6.61 Å². The van der Waals surface area contributed by atoms with Gasteiger partial charge in [0.05, 0.1) is 19.3 Å². The quantitative estimate of drug-likeness (QED) is 0.467. The second kappa shape index (κ2) is 9.32. The Hall–Kier alpha value is -1.63. The minimum Gasteiger partial charge on any atom is -0.389 e. The maximum absolute atomic E-state index is 10.4. The molecular weight excluding hydrogens is 246 g/mol. The van der Waals surface area contributed by atoms with Crippen molar-refractivity contribution in [3.63, 3.8) is 0 Å². The van der Waals surface area contributed by atoms with Gasteiger partial charge in [-0.1, -0.05) is 30.3 Å². The topological polar surface area (TPSA) is 96.6 Å². The Morgan fingerprint density at radius 2 is 2.05 bits per heavy atom. The van der Waals surface area contributed by atoms with Gasteiger partial charge in [-0.3, -0.25) is 0 Å². The maximum Gasteiger partial charge on any atom is 0.312 e. The number of nitrogens with two attached hydrogens (primary N) is 1. The molecular formula is C13H21N3O3. The Bertz CT molecular complexity index is 359. The molecule has 6 heteroatoms. The number of benzene rings is 1. The van der Waals surface area contributed by atoms with Gasteiger partial charge in [-0.2, -0.15) is 0 Å². The molecule has 1 aromatic carbocycles. The first-order valence-electron chi connectivity index (χ1n) is 6.22. The smallest absolute Gasteiger partial charge is 0.312 e. The maximum atomic E-state index is 10.4. The van der Waals surface area contributed by atoms with Crippen molar-refractivity contribution in [2.24, 2.45) is 5.73 Å². The van der Waals surface area contributed by atoms with Crippen molar-refractivity contribution in [2.75, 3.05) is 26.2 Å². The summed E-state index contributed by atoms with van der Waals surface area (Å²) in [6, 6.07) is 9.24. The molecule has 0 heterocycles. The van der Waals surface area contributed by atoms with E-state index in [9.17, 15) is 9.90 Å². The van der Waals surface area contributed by atoms with E-state index in [2.05, 4.69) is 10.6 Å². The zero-order chi connectivity index (χ0) is 13.9. The normalized spacial score (nSPS) is 12.1. The molecule has 19 heavy (non-hydrogen) atoms. The van der Waals surface area contributed by atoms with Gasteiger partial charge in [0, 0.05) is 19.6 Å². The van der Waals surface area contributed by atoms with E-state index >= 15 is 0 Å². The number of rotatable bonds is 9. The molecule has 2 amide bonds. The summed E-state index contributed by atoms with van der Waals surface area (Å²) in [7, 11) is 0. The Morgan fingerprint density at radius 3 is 2.74 bits per heavy atom. The number of urea groups is 1. The highest BCUT2D eigenvalue weighted by Crippen LogP contribution is 2.00. The average molecular weight is 267 g/mol. The van der Waals surface area contributed by atoms with Crippen LogP contribution in [-0.2, 0) is 11.3 Å². The number of nitrogens with one attached hydrogen (secondary N) is 2. The molecule has 0 aromatic heterocycles. The number of primary amides is 1. The van der Waals surface area contributed by atoms with E-state index in [0.717, 1.165) is 5.56 Å². The SMILES string of the molecule is NC(=O)NCCNCC(O)COCc1ccccc1. The van der Waals surface area contributed by atoms with Gasteiger partial charge in [-0.25, -0.2) is 4.79 Å². The molecule has 0 aliphatic carbocycles. The van der Waals surface area contributed by atoms with Gasteiger partial charge in [0.15, 0.2) is 0 Å². The summed E-state index contributed by atoms with van der Waals surface area (Å²) in [5, 5.41) is 15.1. The van der Waals surface area contributed by atoms with Crippen LogP contribution in [0.15, 0.2) is 30.3 Å². The third kappa shape index (κ3) is 8.15. The van der Waals surface area contributed by atoms with Crippen LogP contribution in [0.3, 0.4) is 0 Å². The van der Waals surface area contributed by atoms with E-state index in [4.69, 9.17) is 10.5 Å². The number of carbonyl (C=O) groups is 1. The second-order valence-corrected chi connectivity index (χ2v) is 4.15. The van der Waals surface area contributed by atoms with Crippen molar-refractivity contribution in [3.8, 4) is 0 Å². The molecule has 0 aliphatic rings. The van der Waals surface area contributed by atoms with Gasteiger partial charge in [-0.05, 0) is 5.56 Å². The number of ether oxygens (including phenoxy) is 1. The van der Waals surface area contributed by atoms with Crippen LogP contribution in [0.5, 0.6) is 0 Å². The van der Waals surface area contributed by atoms with Crippen LogP contribution < -0.4 is 16.4 Å². The predicted octanol–water partition coefficient (Wildman–Crippen LogP) is -0.178. The van der Waals surface area contributed by atoms with Crippen LogP contribution in [0.25, 0.3) is 0 Å². The number of amides is 2.